The molecule has 5 rings (SSSR count). The summed E-state index contributed by atoms with van der Waals surface area (Å²) < 4.78 is 6.14. The number of phenols is 1. The van der Waals surface area contributed by atoms with E-state index in [1.54, 1.807) is 24.3 Å². The molecule has 7 nitrogen and oxygen atoms in total. The monoisotopic (exact) mass is 486 g/mol. The van der Waals surface area contributed by atoms with Crippen LogP contribution in [0.25, 0.3) is 16.0 Å². The normalized spacial score (nSPS) is 17.3. The van der Waals surface area contributed by atoms with Gasteiger partial charge in [-0.15, -0.1) is 0 Å². The number of ketones is 1. The number of benzene rings is 3. The van der Waals surface area contributed by atoms with Crippen molar-refractivity contribution in [3.63, 3.8) is 0 Å². The largest absolute Gasteiger partial charge is 0.507 e. The van der Waals surface area contributed by atoms with Crippen LogP contribution in [0, 0.1) is 13.8 Å². The number of fused-ring (bicyclic) bond motifs is 1. The lowest BCUT2D eigenvalue weighted by Crippen LogP contribution is -2.29. The highest BCUT2D eigenvalue weighted by atomic mass is 32.1. The lowest BCUT2D eigenvalue weighted by Gasteiger charge is -2.23. The van der Waals surface area contributed by atoms with E-state index in [2.05, 4.69) is 4.98 Å². The highest BCUT2D eigenvalue weighted by Crippen LogP contribution is 2.45. The SMILES string of the molecule is COc1cc(C2/C(=C(\O)c3ccc(C)cc3)C(=O)C(=O)N2c2nc3ccc(C)cc3s2)ccc1O. The summed E-state index contributed by atoms with van der Waals surface area (Å²) in [6, 6.07) is 16.4. The van der Waals surface area contributed by atoms with Crippen molar-refractivity contribution in [1.82, 2.24) is 4.98 Å². The summed E-state index contributed by atoms with van der Waals surface area (Å²) in [5.74, 6) is -1.77. The molecule has 1 aliphatic heterocycles. The third-order valence-corrected chi connectivity index (χ3v) is 7.05. The predicted molar refractivity (Wildman–Crippen MR) is 135 cm³/mol. The number of aryl methyl sites for hydroxylation is 2. The van der Waals surface area contributed by atoms with E-state index in [-0.39, 0.29) is 22.8 Å². The molecule has 4 aromatic rings. The van der Waals surface area contributed by atoms with Crippen LogP contribution in [0.3, 0.4) is 0 Å². The van der Waals surface area contributed by atoms with Crippen molar-refractivity contribution in [1.29, 1.82) is 0 Å². The van der Waals surface area contributed by atoms with Gasteiger partial charge in [0.15, 0.2) is 16.6 Å². The number of carbonyl (C=O) groups is 2. The lowest BCUT2D eigenvalue weighted by atomic mass is 9.95. The number of Topliss-reactive ketones (excluding diaryl/α,β-unsaturated/α-hetero) is 1. The van der Waals surface area contributed by atoms with E-state index in [0.717, 1.165) is 15.8 Å². The number of ether oxygens (including phenoxy) is 1. The number of hydrogen-bond acceptors (Lipinski definition) is 7. The van der Waals surface area contributed by atoms with E-state index in [4.69, 9.17) is 4.74 Å². The van der Waals surface area contributed by atoms with Gasteiger partial charge in [-0.25, -0.2) is 4.98 Å². The van der Waals surface area contributed by atoms with Crippen LogP contribution in [0.1, 0.15) is 28.3 Å². The number of thiazole rings is 1. The molecule has 0 spiro atoms. The number of carbonyl (C=O) groups excluding carboxylic acids is 2. The second kappa shape index (κ2) is 8.56. The zero-order valence-electron chi connectivity index (χ0n) is 19.3. The Morgan fingerprint density at radius 3 is 2.43 bits per heavy atom. The summed E-state index contributed by atoms with van der Waals surface area (Å²) in [5.41, 5.74) is 3.60. The summed E-state index contributed by atoms with van der Waals surface area (Å²) in [6.07, 6.45) is 0. The van der Waals surface area contributed by atoms with E-state index in [0.29, 0.717) is 21.8 Å². The number of anilines is 1. The van der Waals surface area contributed by atoms with Gasteiger partial charge in [-0.1, -0.05) is 53.3 Å². The molecular formula is C27H22N2O5S. The molecule has 1 aliphatic rings. The number of aromatic hydroxyl groups is 1. The van der Waals surface area contributed by atoms with Gasteiger partial charge in [0.05, 0.1) is 28.9 Å². The number of aromatic nitrogens is 1. The minimum Gasteiger partial charge on any atom is -0.507 e. The van der Waals surface area contributed by atoms with Gasteiger partial charge in [0.1, 0.15) is 5.76 Å². The Bertz CT molecular complexity index is 1520. The van der Waals surface area contributed by atoms with Crippen molar-refractivity contribution < 1.29 is 24.5 Å². The molecule has 8 heteroatoms. The van der Waals surface area contributed by atoms with Crippen molar-refractivity contribution in [3.8, 4) is 11.5 Å². The average Bonchev–Trinajstić information content (AvgIpc) is 3.37. The standard InChI is InChI=1S/C27H22N2O5S/c1-14-4-7-16(8-5-14)24(31)22-23(17-9-11-19(30)20(13-17)34-3)29(26(33)25(22)32)27-28-18-10-6-15(2)12-21(18)35-27/h4-13,23,30-31H,1-3H3/b24-22+. The van der Waals surface area contributed by atoms with Crippen LogP contribution in [0.5, 0.6) is 11.5 Å². The minimum absolute atomic E-state index is 0.0537. The zero-order valence-corrected chi connectivity index (χ0v) is 20.1. The Morgan fingerprint density at radius 2 is 1.71 bits per heavy atom. The third-order valence-electron chi connectivity index (χ3n) is 6.03. The van der Waals surface area contributed by atoms with Crippen LogP contribution in [0.4, 0.5) is 5.13 Å². The summed E-state index contributed by atoms with van der Waals surface area (Å²) in [7, 11) is 1.41. The number of aliphatic hydroxyl groups is 1. The topological polar surface area (TPSA) is 100.0 Å². The molecule has 1 aromatic heterocycles. The molecule has 1 unspecified atom stereocenters. The Hall–Kier alpha value is -4.17. The number of hydrogen-bond donors (Lipinski definition) is 2. The minimum atomic E-state index is -0.965. The smallest absolute Gasteiger partial charge is 0.301 e. The number of methoxy groups -OCH3 is 1. The molecule has 2 heterocycles. The molecule has 2 N–H and O–H groups in total. The molecule has 3 aromatic carbocycles. The Labute approximate surface area is 205 Å². The van der Waals surface area contributed by atoms with E-state index in [9.17, 15) is 19.8 Å². The Balaban J connectivity index is 1.75. The van der Waals surface area contributed by atoms with Crippen LogP contribution >= 0.6 is 11.3 Å². The summed E-state index contributed by atoms with van der Waals surface area (Å²) >= 11 is 1.29. The van der Waals surface area contributed by atoms with Gasteiger partial charge in [0.25, 0.3) is 5.78 Å². The van der Waals surface area contributed by atoms with Crippen molar-refractivity contribution >= 4 is 44.1 Å². The molecular weight excluding hydrogens is 464 g/mol. The second-order valence-corrected chi connectivity index (χ2v) is 9.44. The maximum absolute atomic E-state index is 13.4. The summed E-state index contributed by atoms with van der Waals surface area (Å²) in [4.78, 5) is 32.6. The van der Waals surface area contributed by atoms with Crippen molar-refractivity contribution in [3.05, 3.63) is 88.5 Å². The van der Waals surface area contributed by atoms with E-state index < -0.39 is 17.7 Å². The van der Waals surface area contributed by atoms with Gasteiger partial charge in [-0.2, -0.15) is 0 Å². The number of rotatable bonds is 4. The Kier molecular flexibility index (Phi) is 5.53. The van der Waals surface area contributed by atoms with Crippen LogP contribution in [-0.2, 0) is 9.59 Å². The molecule has 0 saturated carbocycles. The van der Waals surface area contributed by atoms with Gasteiger partial charge >= 0.3 is 5.91 Å². The third kappa shape index (κ3) is 3.81. The predicted octanol–water partition coefficient (Wildman–Crippen LogP) is 5.25. The first kappa shape index (κ1) is 22.6. The highest BCUT2D eigenvalue weighted by Gasteiger charge is 2.48. The first-order valence-corrected chi connectivity index (χ1v) is 11.7. The van der Waals surface area contributed by atoms with Gasteiger partial charge < -0.3 is 14.9 Å². The molecule has 0 radical (unpaired) electrons. The van der Waals surface area contributed by atoms with Crippen LogP contribution < -0.4 is 9.64 Å². The quantitative estimate of drug-likeness (QED) is 0.232. The van der Waals surface area contributed by atoms with Crippen molar-refractivity contribution in [2.24, 2.45) is 0 Å². The van der Waals surface area contributed by atoms with Crippen molar-refractivity contribution in [2.45, 2.75) is 19.9 Å². The van der Waals surface area contributed by atoms with E-state index in [1.807, 2.05) is 44.2 Å². The van der Waals surface area contributed by atoms with Crippen molar-refractivity contribution in [2.75, 3.05) is 12.0 Å². The second-order valence-electron chi connectivity index (χ2n) is 8.43. The first-order valence-electron chi connectivity index (χ1n) is 10.9. The maximum atomic E-state index is 13.4. The van der Waals surface area contributed by atoms with Gasteiger partial charge in [0.2, 0.25) is 0 Å². The fourth-order valence-electron chi connectivity index (χ4n) is 4.20. The first-order chi connectivity index (χ1) is 16.8. The Morgan fingerprint density at radius 1 is 1.00 bits per heavy atom. The summed E-state index contributed by atoms with van der Waals surface area (Å²) in [6.45, 7) is 3.88. The summed E-state index contributed by atoms with van der Waals surface area (Å²) in [5, 5.41) is 21.7. The van der Waals surface area contributed by atoms with Gasteiger partial charge in [0, 0.05) is 5.56 Å². The fourth-order valence-corrected chi connectivity index (χ4v) is 5.29. The zero-order chi connectivity index (χ0) is 24.9. The van der Waals surface area contributed by atoms with E-state index >= 15 is 0 Å². The molecule has 1 amide bonds. The van der Waals surface area contributed by atoms with Crippen LogP contribution in [-0.4, -0.2) is 34.0 Å². The lowest BCUT2D eigenvalue weighted by molar-refractivity contribution is -0.132. The molecule has 1 fully saturated rings. The van der Waals surface area contributed by atoms with Gasteiger partial charge in [-0.3, -0.25) is 14.5 Å². The van der Waals surface area contributed by atoms with Gasteiger partial charge in [-0.05, 0) is 49.2 Å². The molecule has 0 bridgehead atoms. The maximum Gasteiger partial charge on any atom is 0.301 e. The molecule has 1 saturated heterocycles. The number of aliphatic hydroxyl groups excluding tert-OH is 1. The van der Waals surface area contributed by atoms with Crippen LogP contribution in [0.2, 0.25) is 0 Å². The highest BCUT2D eigenvalue weighted by molar-refractivity contribution is 7.22. The molecule has 35 heavy (non-hydrogen) atoms. The fraction of sp³-hybridized carbons (Fsp3) is 0.148. The number of phenolic OH excluding ortho intramolecular Hbond substituents is 1. The molecule has 176 valence electrons. The molecule has 0 aliphatic carbocycles. The van der Waals surface area contributed by atoms with Crippen LogP contribution in [0.15, 0.2) is 66.2 Å². The number of nitrogens with zero attached hydrogens (tertiary/aromatic N) is 2. The van der Waals surface area contributed by atoms with E-state index in [1.165, 1.54) is 29.4 Å². The molecule has 1 atom stereocenters. The average molecular weight is 487 g/mol. The number of amides is 1.